The van der Waals surface area contributed by atoms with Gasteiger partial charge in [-0.25, -0.2) is 4.79 Å². The monoisotopic (exact) mass is 310 g/mol. The van der Waals surface area contributed by atoms with E-state index < -0.39 is 17.6 Å². The first kappa shape index (κ1) is 16.8. The Hall–Kier alpha value is -1.25. The highest BCUT2D eigenvalue weighted by Gasteiger charge is 2.29. The van der Waals surface area contributed by atoms with Gasteiger partial charge in [0.25, 0.3) is 0 Å². The van der Waals surface area contributed by atoms with Crippen molar-refractivity contribution in [2.24, 2.45) is 0 Å². The number of carboxylic acids is 1. The van der Waals surface area contributed by atoms with Gasteiger partial charge in [0.1, 0.15) is 0 Å². The second-order valence-electron chi connectivity index (χ2n) is 3.78. The molecule has 2 N–H and O–H groups in total. The van der Waals surface area contributed by atoms with E-state index in [4.69, 9.17) is 14.9 Å². The van der Waals surface area contributed by atoms with Crippen LogP contribution < -0.4 is 0 Å². The van der Waals surface area contributed by atoms with Crippen molar-refractivity contribution < 1.29 is 32.9 Å². The van der Waals surface area contributed by atoms with Crippen LogP contribution in [0.15, 0.2) is 29.2 Å². The fraction of sp³-hybridized carbons (Fsp3) is 0.417. The number of alkyl halides is 3. The third-order valence-electron chi connectivity index (χ3n) is 2.23. The van der Waals surface area contributed by atoms with Crippen LogP contribution >= 0.6 is 11.8 Å². The molecule has 1 aromatic carbocycles. The lowest BCUT2D eigenvalue weighted by atomic mass is 10.1. The number of hydrogen-bond donors (Lipinski definition) is 2. The van der Waals surface area contributed by atoms with Crippen LogP contribution in [-0.2, 0) is 9.53 Å². The smallest absolute Gasteiger partial charge is 0.446 e. The topological polar surface area (TPSA) is 66.8 Å². The van der Waals surface area contributed by atoms with Gasteiger partial charge in [-0.3, -0.25) is 0 Å². The molecule has 0 spiro atoms. The highest BCUT2D eigenvalue weighted by Crippen LogP contribution is 2.37. The Labute approximate surface area is 117 Å². The summed E-state index contributed by atoms with van der Waals surface area (Å²) in [6.45, 7) is -0.0833. The van der Waals surface area contributed by atoms with Crippen LogP contribution in [0.1, 0.15) is 18.1 Å². The molecule has 0 fully saturated rings. The fourth-order valence-corrected chi connectivity index (χ4v) is 1.96. The maximum atomic E-state index is 12.2. The molecule has 0 saturated carbocycles. The number of halogens is 3. The predicted octanol–water partition coefficient (Wildman–Crippen LogP) is 2.82. The van der Waals surface area contributed by atoms with Gasteiger partial charge in [-0.1, -0.05) is 12.1 Å². The standard InChI is InChI=1S/C12H13F3O4S/c13-12(14,15)20-9-4-2-8(3-5-9)10(11(17)18)19-7-1-6-16/h2-5,10,16H,1,6-7H2,(H,17,18). The van der Waals surface area contributed by atoms with Crippen molar-refractivity contribution >= 4 is 17.7 Å². The lowest BCUT2D eigenvalue weighted by molar-refractivity contribution is -0.151. The Morgan fingerprint density at radius 2 is 1.90 bits per heavy atom. The van der Waals surface area contributed by atoms with E-state index in [2.05, 4.69) is 0 Å². The van der Waals surface area contributed by atoms with E-state index >= 15 is 0 Å². The summed E-state index contributed by atoms with van der Waals surface area (Å²) in [5, 5.41) is 17.6. The van der Waals surface area contributed by atoms with Gasteiger partial charge < -0.3 is 14.9 Å². The molecule has 8 heteroatoms. The summed E-state index contributed by atoms with van der Waals surface area (Å²) in [6.07, 6.45) is -0.974. The van der Waals surface area contributed by atoms with Gasteiger partial charge in [-0.05, 0) is 35.9 Å². The molecule has 20 heavy (non-hydrogen) atoms. The number of ether oxygens (including phenoxy) is 1. The number of carbonyl (C=O) groups is 1. The fourth-order valence-electron chi connectivity index (χ4n) is 1.42. The second kappa shape index (κ2) is 7.51. The van der Waals surface area contributed by atoms with Crippen molar-refractivity contribution in [1.29, 1.82) is 0 Å². The maximum Gasteiger partial charge on any atom is 0.446 e. The number of thioether (sulfide) groups is 1. The van der Waals surface area contributed by atoms with Crippen LogP contribution in [0, 0.1) is 0 Å². The van der Waals surface area contributed by atoms with Crippen molar-refractivity contribution in [1.82, 2.24) is 0 Å². The molecular formula is C12H13F3O4S. The average molecular weight is 310 g/mol. The summed E-state index contributed by atoms with van der Waals surface area (Å²) in [6, 6.07) is 4.95. The zero-order valence-electron chi connectivity index (χ0n) is 10.3. The van der Waals surface area contributed by atoms with Crippen LogP contribution in [0.25, 0.3) is 0 Å². The third kappa shape index (κ3) is 5.81. The second-order valence-corrected chi connectivity index (χ2v) is 4.92. The molecule has 1 unspecified atom stereocenters. The van der Waals surface area contributed by atoms with Crippen LogP contribution in [-0.4, -0.2) is 34.9 Å². The van der Waals surface area contributed by atoms with Crippen molar-refractivity contribution in [3.05, 3.63) is 29.8 Å². The zero-order chi connectivity index (χ0) is 15.2. The highest BCUT2D eigenvalue weighted by atomic mass is 32.2. The van der Waals surface area contributed by atoms with Gasteiger partial charge in [0, 0.05) is 11.5 Å². The molecule has 0 bridgehead atoms. The molecule has 1 atom stereocenters. The lowest BCUT2D eigenvalue weighted by Crippen LogP contribution is -2.16. The minimum Gasteiger partial charge on any atom is -0.479 e. The molecular weight excluding hydrogens is 297 g/mol. The number of aliphatic hydroxyl groups excluding tert-OH is 1. The lowest BCUT2D eigenvalue weighted by Gasteiger charge is -2.14. The predicted molar refractivity (Wildman–Crippen MR) is 66.4 cm³/mol. The van der Waals surface area contributed by atoms with E-state index in [0.29, 0.717) is 0 Å². The number of rotatable bonds is 7. The van der Waals surface area contributed by atoms with Crippen LogP contribution in [0.4, 0.5) is 13.2 Å². The van der Waals surface area contributed by atoms with Gasteiger partial charge in [0.15, 0.2) is 6.10 Å². The van der Waals surface area contributed by atoms with E-state index in [-0.39, 0.29) is 41.9 Å². The molecule has 0 saturated heterocycles. The average Bonchev–Trinajstić information content (AvgIpc) is 2.34. The molecule has 112 valence electrons. The Morgan fingerprint density at radius 1 is 1.30 bits per heavy atom. The van der Waals surface area contributed by atoms with Crippen LogP contribution in [0.2, 0.25) is 0 Å². The van der Waals surface area contributed by atoms with Crippen molar-refractivity contribution in [3.8, 4) is 0 Å². The van der Waals surface area contributed by atoms with E-state index in [9.17, 15) is 18.0 Å². The normalized spacial score (nSPS) is 13.2. The molecule has 0 aliphatic carbocycles. The number of carboxylic acid groups (broad SMARTS) is 1. The summed E-state index contributed by atoms with van der Waals surface area (Å²) >= 11 is -0.270. The van der Waals surface area contributed by atoms with Crippen LogP contribution in [0.5, 0.6) is 0 Å². The molecule has 0 amide bonds. The minimum absolute atomic E-state index is 0.0271. The first-order valence-corrected chi connectivity index (χ1v) is 6.46. The van der Waals surface area contributed by atoms with Gasteiger partial charge in [0.05, 0.1) is 6.61 Å². The summed E-state index contributed by atoms with van der Waals surface area (Å²) in [5.74, 6) is -1.24. The van der Waals surface area contributed by atoms with E-state index in [1.54, 1.807) is 0 Å². The summed E-state index contributed by atoms with van der Waals surface area (Å²) < 4.78 is 41.5. The summed E-state index contributed by atoms with van der Waals surface area (Å²) in [4.78, 5) is 11.0. The van der Waals surface area contributed by atoms with Crippen molar-refractivity contribution in [3.63, 3.8) is 0 Å². The molecule has 0 heterocycles. The number of aliphatic hydroxyl groups is 1. The quantitative estimate of drug-likeness (QED) is 0.599. The maximum absolute atomic E-state index is 12.2. The first-order valence-electron chi connectivity index (χ1n) is 5.64. The Bertz CT molecular complexity index is 433. The SMILES string of the molecule is O=C(O)C(OCCCO)c1ccc(SC(F)(F)F)cc1. The van der Waals surface area contributed by atoms with Crippen molar-refractivity contribution in [2.75, 3.05) is 13.2 Å². The van der Waals surface area contributed by atoms with Gasteiger partial charge in [-0.2, -0.15) is 13.2 Å². The van der Waals surface area contributed by atoms with Gasteiger partial charge in [0.2, 0.25) is 0 Å². The molecule has 0 aromatic heterocycles. The van der Waals surface area contributed by atoms with Gasteiger partial charge >= 0.3 is 11.5 Å². The Morgan fingerprint density at radius 3 is 2.35 bits per heavy atom. The minimum atomic E-state index is -4.38. The van der Waals surface area contributed by atoms with Crippen LogP contribution in [0.3, 0.4) is 0 Å². The highest BCUT2D eigenvalue weighted by molar-refractivity contribution is 8.00. The molecule has 1 aromatic rings. The summed E-state index contributed by atoms with van der Waals surface area (Å²) in [7, 11) is 0. The molecule has 0 aliphatic rings. The van der Waals surface area contributed by atoms with Gasteiger partial charge in [-0.15, -0.1) is 0 Å². The Kier molecular flexibility index (Phi) is 6.31. The molecule has 1 rings (SSSR count). The molecule has 0 radical (unpaired) electrons. The number of hydrogen-bond acceptors (Lipinski definition) is 4. The van der Waals surface area contributed by atoms with E-state index in [0.717, 1.165) is 0 Å². The molecule has 0 aliphatic heterocycles. The Balaban J connectivity index is 2.75. The van der Waals surface area contributed by atoms with E-state index in [1.165, 1.54) is 24.3 Å². The first-order chi connectivity index (χ1) is 9.33. The van der Waals surface area contributed by atoms with E-state index in [1.807, 2.05) is 0 Å². The zero-order valence-corrected chi connectivity index (χ0v) is 11.1. The third-order valence-corrected chi connectivity index (χ3v) is 2.97. The number of benzene rings is 1. The molecule has 4 nitrogen and oxygen atoms in total. The van der Waals surface area contributed by atoms with Crippen molar-refractivity contribution in [2.45, 2.75) is 22.9 Å². The largest absolute Gasteiger partial charge is 0.479 e. The summed E-state index contributed by atoms with van der Waals surface area (Å²) in [5.41, 5.74) is -4.13. The number of aliphatic carboxylic acids is 1.